The SMILES string of the molecule is CN1CCC(NC(=O)Cc2ccc(Cl)cc2Cl)CC1. The molecule has 1 aliphatic heterocycles. The zero-order valence-corrected chi connectivity index (χ0v) is 12.5. The number of hydrogen-bond acceptors (Lipinski definition) is 2. The molecule has 2 rings (SSSR count). The van der Waals surface area contributed by atoms with E-state index in [2.05, 4.69) is 17.3 Å². The smallest absolute Gasteiger partial charge is 0.224 e. The standard InChI is InChI=1S/C14H18Cl2N2O/c1-18-6-4-12(5-7-18)17-14(19)8-10-2-3-11(15)9-13(10)16/h2-3,9,12H,4-8H2,1H3,(H,17,19). The minimum atomic E-state index is 0.0266. The van der Waals surface area contributed by atoms with Crippen LogP contribution in [0.2, 0.25) is 10.0 Å². The lowest BCUT2D eigenvalue weighted by molar-refractivity contribution is -0.121. The fourth-order valence-electron chi connectivity index (χ4n) is 2.27. The first-order valence-corrected chi connectivity index (χ1v) is 7.22. The van der Waals surface area contributed by atoms with Gasteiger partial charge in [0.1, 0.15) is 0 Å². The van der Waals surface area contributed by atoms with E-state index in [0.717, 1.165) is 31.5 Å². The van der Waals surface area contributed by atoms with Crippen LogP contribution in [0.5, 0.6) is 0 Å². The first kappa shape index (κ1) is 14.6. The molecule has 0 aliphatic carbocycles. The maximum Gasteiger partial charge on any atom is 0.224 e. The van der Waals surface area contributed by atoms with Crippen LogP contribution in [0.4, 0.5) is 0 Å². The summed E-state index contributed by atoms with van der Waals surface area (Å²) >= 11 is 11.9. The molecule has 0 aromatic heterocycles. The summed E-state index contributed by atoms with van der Waals surface area (Å²) in [5.41, 5.74) is 0.816. The summed E-state index contributed by atoms with van der Waals surface area (Å²) in [4.78, 5) is 14.3. The summed E-state index contributed by atoms with van der Waals surface area (Å²) in [6.07, 6.45) is 2.33. The molecule has 104 valence electrons. The summed E-state index contributed by atoms with van der Waals surface area (Å²) in [7, 11) is 2.10. The lowest BCUT2D eigenvalue weighted by atomic mass is 10.0. The fourth-order valence-corrected chi connectivity index (χ4v) is 2.74. The molecule has 0 unspecified atom stereocenters. The second-order valence-electron chi connectivity index (χ2n) is 5.06. The van der Waals surface area contributed by atoms with Crippen LogP contribution in [0.15, 0.2) is 18.2 Å². The third-order valence-corrected chi connectivity index (χ3v) is 4.04. The molecule has 1 aliphatic rings. The number of carbonyl (C=O) groups is 1. The summed E-state index contributed by atoms with van der Waals surface area (Å²) in [5.74, 6) is 0.0266. The number of nitrogens with zero attached hydrogens (tertiary/aromatic N) is 1. The van der Waals surface area contributed by atoms with E-state index in [1.807, 2.05) is 0 Å². The van der Waals surface area contributed by atoms with Gasteiger partial charge in [-0.1, -0.05) is 29.3 Å². The van der Waals surface area contributed by atoms with E-state index in [-0.39, 0.29) is 11.9 Å². The van der Waals surface area contributed by atoms with Crippen LogP contribution in [0, 0.1) is 0 Å². The van der Waals surface area contributed by atoms with Crippen molar-refractivity contribution in [2.45, 2.75) is 25.3 Å². The van der Waals surface area contributed by atoms with E-state index < -0.39 is 0 Å². The molecule has 1 aromatic carbocycles. The van der Waals surface area contributed by atoms with Gasteiger partial charge in [0.25, 0.3) is 0 Å². The number of hydrogen-bond donors (Lipinski definition) is 1. The first-order chi connectivity index (χ1) is 9.04. The van der Waals surface area contributed by atoms with E-state index in [0.29, 0.717) is 16.5 Å². The molecule has 0 spiro atoms. The van der Waals surface area contributed by atoms with Crippen LogP contribution in [-0.4, -0.2) is 37.0 Å². The van der Waals surface area contributed by atoms with E-state index in [1.165, 1.54) is 0 Å². The number of likely N-dealkylation sites (tertiary alicyclic amines) is 1. The van der Waals surface area contributed by atoms with E-state index >= 15 is 0 Å². The predicted molar refractivity (Wildman–Crippen MR) is 78.8 cm³/mol. The highest BCUT2D eigenvalue weighted by atomic mass is 35.5. The van der Waals surface area contributed by atoms with Gasteiger partial charge in [-0.3, -0.25) is 4.79 Å². The van der Waals surface area contributed by atoms with Gasteiger partial charge in [-0.25, -0.2) is 0 Å². The normalized spacial score (nSPS) is 17.4. The number of nitrogens with one attached hydrogen (secondary N) is 1. The number of halogens is 2. The molecule has 1 N–H and O–H groups in total. The van der Waals surface area contributed by atoms with Gasteiger partial charge in [-0.2, -0.15) is 0 Å². The number of carbonyl (C=O) groups excluding carboxylic acids is 1. The molecule has 1 aromatic rings. The lowest BCUT2D eigenvalue weighted by Crippen LogP contribution is -2.43. The molecule has 1 heterocycles. The van der Waals surface area contributed by atoms with Crippen molar-refractivity contribution in [2.24, 2.45) is 0 Å². The Labute approximate surface area is 123 Å². The summed E-state index contributed by atoms with van der Waals surface area (Å²) in [5, 5.41) is 4.21. The monoisotopic (exact) mass is 300 g/mol. The molecule has 19 heavy (non-hydrogen) atoms. The Morgan fingerprint density at radius 2 is 2.05 bits per heavy atom. The van der Waals surface area contributed by atoms with Gasteiger partial charge in [0, 0.05) is 16.1 Å². The van der Waals surface area contributed by atoms with Crippen LogP contribution in [0.3, 0.4) is 0 Å². The van der Waals surface area contributed by atoms with Crippen molar-refractivity contribution in [1.29, 1.82) is 0 Å². The van der Waals surface area contributed by atoms with Gasteiger partial charge in [-0.05, 0) is 50.7 Å². The number of amides is 1. The molecule has 0 bridgehead atoms. The summed E-state index contributed by atoms with van der Waals surface area (Å²) in [6, 6.07) is 5.51. The molecule has 5 heteroatoms. The predicted octanol–water partition coefficient (Wildman–Crippen LogP) is 2.75. The molecule has 0 atom stereocenters. The molecule has 0 saturated carbocycles. The Morgan fingerprint density at radius 1 is 1.37 bits per heavy atom. The highest BCUT2D eigenvalue weighted by molar-refractivity contribution is 6.35. The van der Waals surface area contributed by atoms with Gasteiger partial charge in [-0.15, -0.1) is 0 Å². The minimum Gasteiger partial charge on any atom is -0.353 e. The zero-order chi connectivity index (χ0) is 13.8. The van der Waals surface area contributed by atoms with Crippen LogP contribution >= 0.6 is 23.2 Å². The topological polar surface area (TPSA) is 32.3 Å². The highest BCUT2D eigenvalue weighted by Gasteiger charge is 2.18. The average Bonchev–Trinajstić information content (AvgIpc) is 2.36. The fraction of sp³-hybridized carbons (Fsp3) is 0.500. The molecule has 1 saturated heterocycles. The Kier molecular flexibility index (Phi) is 5.08. The van der Waals surface area contributed by atoms with E-state index in [1.54, 1.807) is 18.2 Å². The average molecular weight is 301 g/mol. The first-order valence-electron chi connectivity index (χ1n) is 6.46. The van der Waals surface area contributed by atoms with Crippen molar-refractivity contribution in [2.75, 3.05) is 20.1 Å². The lowest BCUT2D eigenvalue weighted by Gasteiger charge is -2.29. The summed E-state index contributed by atoms with van der Waals surface area (Å²) in [6.45, 7) is 2.07. The Balaban J connectivity index is 1.87. The molecule has 1 fully saturated rings. The molecule has 1 amide bonds. The highest BCUT2D eigenvalue weighted by Crippen LogP contribution is 2.21. The van der Waals surface area contributed by atoms with Crippen molar-refractivity contribution in [3.63, 3.8) is 0 Å². The number of piperidine rings is 1. The Hall–Kier alpha value is -0.770. The van der Waals surface area contributed by atoms with Crippen molar-refractivity contribution in [1.82, 2.24) is 10.2 Å². The van der Waals surface area contributed by atoms with Crippen LogP contribution in [0.25, 0.3) is 0 Å². The van der Waals surface area contributed by atoms with E-state index in [4.69, 9.17) is 23.2 Å². The van der Waals surface area contributed by atoms with Gasteiger partial charge in [0.15, 0.2) is 0 Å². The van der Waals surface area contributed by atoms with Crippen LogP contribution in [-0.2, 0) is 11.2 Å². The zero-order valence-electron chi connectivity index (χ0n) is 11.0. The van der Waals surface area contributed by atoms with Crippen LogP contribution < -0.4 is 5.32 Å². The number of rotatable bonds is 3. The third-order valence-electron chi connectivity index (χ3n) is 3.45. The third kappa shape index (κ3) is 4.37. The van der Waals surface area contributed by atoms with Crippen molar-refractivity contribution >= 4 is 29.1 Å². The quantitative estimate of drug-likeness (QED) is 0.931. The Morgan fingerprint density at radius 3 is 2.68 bits per heavy atom. The van der Waals surface area contributed by atoms with Crippen molar-refractivity contribution in [3.05, 3.63) is 33.8 Å². The largest absolute Gasteiger partial charge is 0.353 e. The van der Waals surface area contributed by atoms with Gasteiger partial charge < -0.3 is 10.2 Å². The molecular formula is C14H18Cl2N2O. The van der Waals surface area contributed by atoms with Crippen molar-refractivity contribution in [3.8, 4) is 0 Å². The second-order valence-corrected chi connectivity index (χ2v) is 5.90. The second kappa shape index (κ2) is 6.60. The van der Waals surface area contributed by atoms with Gasteiger partial charge >= 0.3 is 0 Å². The number of benzene rings is 1. The minimum absolute atomic E-state index is 0.0266. The Bertz CT molecular complexity index is 457. The maximum absolute atomic E-state index is 12.0. The maximum atomic E-state index is 12.0. The molecule has 3 nitrogen and oxygen atoms in total. The molecular weight excluding hydrogens is 283 g/mol. The van der Waals surface area contributed by atoms with Crippen molar-refractivity contribution < 1.29 is 4.79 Å². The van der Waals surface area contributed by atoms with Crippen LogP contribution in [0.1, 0.15) is 18.4 Å². The van der Waals surface area contributed by atoms with E-state index in [9.17, 15) is 4.79 Å². The summed E-state index contributed by atoms with van der Waals surface area (Å²) < 4.78 is 0. The van der Waals surface area contributed by atoms with Gasteiger partial charge in [0.2, 0.25) is 5.91 Å². The molecule has 0 radical (unpaired) electrons. The van der Waals surface area contributed by atoms with Gasteiger partial charge in [0.05, 0.1) is 6.42 Å².